The highest BCUT2D eigenvalue weighted by Gasteiger charge is 2.16. The van der Waals surface area contributed by atoms with Gasteiger partial charge in [-0.2, -0.15) is 0 Å². The third kappa shape index (κ3) is 2.26. The van der Waals surface area contributed by atoms with Gasteiger partial charge in [0.25, 0.3) is 0 Å². The first-order valence-electron chi connectivity index (χ1n) is 4.67. The van der Waals surface area contributed by atoms with Crippen LogP contribution in [0.15, 0.2) is 56.0 Å². The first-order chi connectivity index (χ1) is 7.72. The van der Waals surface area contributed by atoms with Crippen LogP contribution in [0.5, 0.6) is 0 Å². The minimum absolute atomic E-state index is 1.30. The Hall–Kier alpha value is 0.600. The maximum absolute atomic E-state index is 2.37. The van der Waals surface area contributed by atoms with Gasteiger partial charge in [-0.05, 0) is 81.6 Å². The molecule has 0 bridgehead atoms. The molecule has 2 aromatic carbocycles. The number of hydrogen-bond acceptors (Lipinski definition) is 2. The van der Waals surface area contributed by atoms with Crippen LogP contribution in [0.1, 0.15) is 0 Å². The van der Waals surface area contributed by atoms with Gasteiger partial charge in [-0.15, -0.1) is 0 Å². The summed E-state index contributed by atoms with van der Waals surface area (Å²) >= 11 is 8.49. The lowest BCUT2D eigenvalue weighted by atomic mass is 10.3. The molecule has 3 rings (SSSR count). The first-order valence-corrected chi connectivity index (χ1v) is 8.46. The number of rotatable bonds is 0. The lowest BCUT2D eigenvalue weighted by Gasteiger charge is -2.18. The Kier molecular flexibility index (Phi) is 3.43. The summed E-state index contributed by atoms with van der Waals surface area (Å²) in [6.07, 6.45) is 0. The van der Waals surface area contributed by atoms with E-state index in [0.717, 1.165) is 0 Å². The molecular weight excluding hydrogens is 462 g/mol. The molecule has 0 radical (unpaired) electrons. The lowest BCUT2D eigenvalue weighted by Crippen LogP contribution is -1.90. The topological polar surface area (TPSA) is 0 Å². The van der Waals surface area contributed by atoms with Crippen LogP contribution in [0.2, 0.25) is 0 Å². The van der Waals surface area contributed by atoms with Gasteiger partial charge in [-0.1, -0.05) is 23.5 Å². The molecule has 16 heavy (non-hydrogen) atoms. The minimum Gasteiger partial charge on any atom is -0.0877 e. The van der Waals surface area contributed by atoms with E-state index in [9.17, 15) is 0 Å². The van der Waals surface area contributed by atoms with E-state index < -0.39 is 0 Å². The second-order valence-electron chi connectivity index (χ2n) is 3.39. The molecular formula is C12H6I2S2. The maximum atomic E-state index is 2.37. The summed E-state index contributed by atoms with van der Waals surface area (Å²) < 4.78 is 2.61. The molecule has 4 heteroatoms. The maximum Gasteiger partial charge on any atom is 0.0272 e. The average molecular weight is 468 g/mol. The first kappa shape index (κ1) is 11.7. The monoisotopic (exact) mass is 468 g/mol. The SMILES string of the molecule is Ic1ccc2c(c1)Sc1ccc(I)cc1S2. The van der Waals surface area contributed by atoms with Crippen molar-refractivity contribution in [3.8, 4) is 0 Å². The van der Waals surface area contributed by atoms with Gasteiger partial charge in [-0.25, -0.2) is 0 Å². The third-order valence-electron chi connectivity index (χ3n) is 2.25. The molecule has 0 spiro atoms. The molecule has 0 aromatic heterocycles. The normalized spacial score (nSPS) is 13.1. The zero-order valence-electron chi connectivity index (χ0n) is 8.04. The second kappa shape index (κ2) is 4.70. The van der Waals surface area contributed by atoms with Crippen LogP contribution < -0.4 is 0 Å². The van der Waals surface area contributed by atoms with Crippen LogP contribution in [0.4, 0.5) is 0 Å². The molecule has 0 atom stereocenters. The fourth-order valence-corrected chi connectivity index (χ4v) is 5.21. The zero-order valence-corrected chi connectivity index (χ0v) is 14.0. The van der Waals surface area contributed by atoms with Crippen LogP contribution in [0.25, 0.3) is 0 Å². The summed E-state index contributed by atoms with van der Waals surface area (Å²) in [5, 5.41) is 0. The predicted octanol–water partition coefficient (Wildman–Crippen LogP) is 5.51. The van der Waals surface area contributed by atoms with Crippen molar-refractivity contribution in [3.05, 3.63) is 43.5 Å². The molecule has 0 fully saturated rings. The summed E-state index contributed by atoms with van der Waals surface area (Å²) in [5.41, 5.74) is 0. The molecule has 0 amide bonds. The summed E-state index contributed by atoms with van der Waals surface area (Å²) in [6, 6.07) is 13.3. The standard InChI is InChI=1S/C12H6I2S2/c13-7-1-3-9-11(5-7)16-10-4-2-8(14)6-12(10)15-9/h1-6H. The Labute approximate surface area is 130 Å². The molecule has 0 saturated carbocycles. The summed E-state index contributed by atoms with van der Waals surface area (Å²) in [7, 11) is 0. The van der Waals surface area contributed by atoms with Gasteiger partial charge >= 0.3 is 0 Å². The molecule has 1 aliphatic rings. The number of hydrogen-bond donors (Lipinski definition) is 0. The van der Waals surface area contributed by atoms with Crippen molar-refractivity contribution in [2.75, 3.05) is 0 Å². The summed E-state index contributed by atoms with van der Waals surface area (Å²) in [5.74, 6) is 0. The van der Waals surface area contributed by atoms with E-state index in [2.05, 4.69) is 81.6 Å². The Morgan fingerprint density at radius 2 is 1.06 bits per heavy atom. The van der Waals surface area contributed by atoms with Crippen molar-refractivity contribution >= 4 is 68.7 Å². The molecule has 0 nitrogen and oxygen atoms in total. The van der Waals surface area contributed by atoms with Gasteiger partial charge in [-0.3, -0.25) is 0 Å². The lowest BCUT2D eigenvalue weighted by molar-refractivity contribution is 1.15. The van der Waals surface area contributed by atoms with Crippen molar-refractivity contribution in [1.29, 1.82) is 0 Å². The summed E-state index contributed by atoms with van der Waals surface area (Å²) in [4.78, 5) is 5.51. The van der Waals surface area contributed by atoms with E-state index in [1.165, 1.54) is 26.7 Å². The van der Waals surface area contributed by atoms with Crippen molar-refractivity contribution in [3.63, 3.8) is 0 Å². The van der Waals surface area contributed by atoms with Crippen LogP contribution >= 0.6 is 68.7 Å². The van der Waals surface area contributed by atoms with E-state index in [4.69, 9.17) is 0 Å². The van der Waals surface area contributed by atoms with E-state index in [1.807, 2.05) is 23.5 Å². The van der Waals surface area contributed by atoms with E-state index in [0.29, 0.717) is 0 Å². The van der Waals surface area contributed by atoms with Gasteiger partial charge < -0.3 is 0 Å². The number of halogens is 2. The van der Waals surface area contributed by atoms with Crippen molar-refractivity contribution in [1.82, 2.24) is 0 Å². The Bertz CT molecular complexity index is 515. The molecule has 0 N–H and O–H groups in total. The highest BCUT2D eigenvalue weighted by atomic mass is 127. The smallest absolute Gasteiger partial charge is 0.0272 e. The Morgan fingerprint density at radius 1 is 0.625 bits per heavy atom. The van der Waals surface area contributed by atoms with Crippen LogP contribution in [0.3, 0.4) is 0 Å². The van der Waals surface area contributed by atoms with Gasteiger partial charge in [0.1, 0.15) is 0 Å². The molecule has 2 aromatic rings. The Morgan fingerprint density at radius 3 is 1.50 bits per heavy atom. The van der Waals surface area contributed by atoms with Crippen LogP contribution in [-0.2, 0) is 0 Å². The zero-order chi connectivity index (χ0) is 11.1. The third-order valence-corrected chi connectivity index (χ3v) is 6.12. The van der Waals surface area contributed by atoms with Crippen LogP contribution in [0, 0.1) is 7.14 Å². The fraction of sp³-hybridized carbons (Fsp3) is 0. The van der Waals surface area contributed by atoms with E-state index >= 15 is 0 Å². The molecule has 0 aliphatic carbocycles. The molecule has 0 unspecified atom stereocenters. The highest BCUT2D eigenvalue weighted by Crippen LogP contribution is 2.48. The highest BCUT2D eigenvalue weighted by molar-refractivity contribution is 14.1. The molecule has 1 heterocycles. The van der Waals surface area contributed by atoms with Gasteiger partial charge in [0, 0.05) is 26.7 Å². The van der Waals surface area contributed by atoms with Gasteiger partial charge in [0.2, 0.25) is 0 Å². The largest absolute Gasteiger partial charge is 0.0877 e. The van der Waals surface area contributed by atoms with Crippen molar-refractivity contribution < 1.29 is 0 Å². The number of fused-ring (bicyclic) bond motifs is 2. The summed E-state index contributed by atoms with van der Waals surface area (Å²) in [6.45, 7) is 0. The van der Waals surface area contributed by atoms with Gasteiger partial charge in [0.05, 0.1) is 0 Å². The van der Waals surface area contributed by atoms with E-state index in [1.54, 1.807) is 0 Å². The quantitative estimate of drug-likeness (QED) is 0.400. The van der Waals surface area contributed by atoms with Crippen molar-refractivity contribution in [2.24, 2.45) is 0 Å². The molecule has 80 valence electrons. The average Bonchev–Trinajstić information content (AvgIpc) is 2.26. The van der Waals surface area contributed by atoms with Crippen molar-refractivity contribution in [2.45, 2.75) is 19.6 Å². The second-order valence-corrected chi connectivity index (χ2v) is 8.05. The molecule has 0 saturated heterocycles. The Balaban J connectivity index is 2.09. The fourth-order valence-electron chi connectivity index (χ4n) is 1.53. The van der Waals surface area contributed by atoms with Gasteiger partial charge in [0.15, 0.2) is 0 Å². The molecule has 1 aliphatic heterocycles. The van der Waals surface area contributed by atoms with Crippen LogP contribution in [-0.4, -0.2) is 0 Å². The number of benzene rings is 2. The van der Waals surface area contributed by atoms with E-state index in [-0.39, 0.29) is 0 Å². The minimum atomic E-state index is 1.30. The predicted molar refractivity (Wildman–Crippen MR) is 86.6 cm³/mol.